The fourth-order valence-electron chi connectivity index (χ4n) is 7.12. The second-order valence-corrected chi connectivity index (χ2v) is 13.8. The number of methoxy groups -OCH3 is 1. The van der Waals surface area contributed by atoms with Crippen LogP contribution in [0.1, 0.15) is 85.6 Å². The number of likely N-dealkylation sites (N-methyl/N-ethyl adjacent to an activating group) is 1. The number of aromatic nitrogens is 5. The van der Waals surface area contributed by atoms with E-state index < -0.39 is 17.6 Å². The highest BCUT2D eigenvalue weighted by Gasteiger charge is 2.40. The van der Waals surface area contributed by atoms with Crippen LogP contribution >= 0.6 is 0 Å². The number of amides is 1. The lowest BCUT2D eigenvalue weighted by molar-refractivity contribution is -0.144. The van der Waals surface area contributed by atoms with Gasteiger partial charge >= 0.3 is 12.1 Å². The topological polar surface area (TPSA) is 138 Å². The number of H-pyrrole nitrogens is 1. The Morgan fingerprint density at radius 2 is 1.85 bits per heavy atom. The Hall–Kier alpha value is -4.63. The predicted molar refractivity (Wildman–Crippen MR) is 190 cm³/mol. The number of aromatic amines is 1. The molecule has 4 heterocycles. The van der Waals surface area contributed by atoms with E-state index in [1.807, 2.05) is 18.9 Å². The lowest BCUT2D eigenvalue weighted by Crippen LogP contribution is -2.37. The average Bonchev–Trinajstić information content (AvgIpc) is 3.73. The third-order valence-electron chi connectivity index (χ3n) is 9.82. The average molecular weight is 723 g/mol. The Kier molecular flexibility index (Phi) is 11.1. The van der Waals surface area contributed by atoms with Gasteiger partial charge in [-0.25, -0.2) is 4.98 Å². The van der Waals surface area contributed by atoms with Gasteiger partial charge in [-0.05, 0) is 62.9 Å². The zero-order valence-electron chi connectivity index (χ0n) is 30.0. The highest BCUT2D eigenvalue weighted by Crippen LogP contribution is 2.46. The molecule has 2 saturated carbocycles. The minimum Gasteiger partial charge on any atom is -0.465 e. The zero-order chi connectivity index (χ0) is 37.0. The fraction of sp³-hybridized carbons (Fsp3) is 0.514. The molecule has 0 bridgehead atoms. The molecule has 4 aromatic heterocycles. The second-order valence-electron chi connectivity index (χ2n) is 13.8. The molecule has 2 aliphatic rings. The number of rotatable bonds is 15. The highest BCUT2D eigenvalue weighted by molar-refractivity contribution is 6.03. The number of nitrogens with zero attached hydrogens (tertiary/aromatic N) is 6. The van der Waals surface area contributed by atoms with E-state index in [0.717, 1.165) is 37.3 Å². The second kappa shape index (κ2) is 15.5. The van der Waals surface area contributed by atoms with Crippen LogP contribution in [-0.2, 0) is 27.0 Å². The Balaban J connectivity index is 1.29. The van der Waals surface area contributed by atoms with Crippen molar-refractivity contribution in [2.45, 2.75) is 71.0 Å². The minimum atomic E-state index is -4.56. The van der Waals surface area contributed by atoms with E-state index in [1.54, 1.807) is 38.4 Å². The van der Waals surface area contributed by atoms with Gasteiger partial charge in [0.15, 0.2) is 5.65 Å². The predicted octanol–water partition coefficient (Wildman–Crippen LogP) is 6.59. The van der Waals surface area contributed by atoms with Gasteiger partial charge in [0.05, 0.1) is 42.4 Å². The maximum atomic E-state index is 14.2. The van der Waals surface area contributed by atoms with Crippen molar-refractivity contribution in [1.82, 2.24) is 29.8 Å². The molecule has 2 N–H and O–H groups in total. The molecule has 12 nitrogen and oxygen atoms in total. The molecule has 1 amide bonds. The molecule has 0 radical (unpaired) electrons. The number of esters is 1. The first kappa shape index (κ1) is 37.1. The van der Waals surface area contributed by atoms with Crippen molar-refractivity contribution in [3.05, 3.63) is 59.2 Å². The Morgan fingerprint density at radius 1 is 1.08 bits per heavy atom. The highest BCUT2D eigenvalue weighted by atomic mass is 19.4. The first-order chi connectivity index (χ1) is 24.9. The lowest BCUT2D eigenvalue weighted by Gasteiger charge is -2.34. The quantitative estimate of drug-likeness (QED) is 0.129. The van der Waals surface area contributed by atoms with Gasteiger partial charge in [-0.15, -0.1) is 0 Å². The van der Waals surface area contributed by atoms with Crippen molar-refractivity contribution >= 4 is 34.7 Å². The number of nitrogens with one attached hydrogen (secondary N) is 2. The van der Waals surface area contributed by atoms with Crippen molar-refractivity contribution in [2.24, 2.45) is 5.41 Å². The Morgan fingerprint density at radius 3 is 2.48 bits per heavy atom. The largest absolute Gasteiger partial charge is 0.465 e. The number of carbonyl (C=O) groups is 2. The first-order valence-electron chi connectivity index (χ1n) is 17.7. The van der Waals surface area contributed by atoms with Crippen LogP contribution in [0, 0.1) is 5.41 Å². The van der Waals surface area contributed by atoms with E-state index >= 15 is 0 Å². The van der Waals surface area contributed by atoms with Crippen molar-refractivity contribution in [3.63, 3.8) is 0 Å². The van der Waals surface area contributed by atoms with Gasteiger partial charge in [0, 0.05) is 56.5 Å². The number of hydrogen-bond donors (Lipinski definition) is 2. The van der Waals surface area contributed by atoms with E-state index in [2.05, 4.69) is 35.1 Å². The molecule has 278 valence electrons. The molecule has 0 atom stereocenters. The normalized spacial score (nSPS) is 15.7. The van der Waals surface area contributed by atoms with Gasteiger partial charge in [-0.3, -0.25) is 29.8 Å². The van der Waals surface area contributed by atoms with Crippen LogP contribution in [0.15, 0.2) is 36.7 Å². The van der Waals surface area contributed by atoms with Gasteiger partial charge < -0.3 is 19.4 Å². The summed E-state index contributed by atoms with van der Waals surface area (Å²) in [6, 6.07) is 6.24. The third kappa shape index (κ3) is 8.52. The zero-order valence-corrected chi connectivity index (χ0v) is 30.0. The summed E-state index contributed by atoms with van der Waals surface area (Å²) in [7, 11) is 3.62. The molecule has 6 rings (SSSR count). The summed E-state index contributed by atoms with van der Waals surface area (Å²) in [5.41, 5.74) is 2.13. The van der Waals surface area contributed by atoms with E-state index in [0.29, 0.717) is 56.9 Å². The molecule has 4 aromatic rings. The Bertz CT molecular complexity index is 1890. The maximum absolute atomic E-state index is 14.2. The molecule has 0 saturated heterocycles. The molecule has 52 heavy (non-hydrogen) atoms. The lowest BCUT2D eigenvalue weighted by atomic mass is 9.86. The SMILES string of the molecule is CCOC(=O)CN(CC)Cc1ccc(C(=O)Nc2nc3nc(-c4cnc(C5CC5)c(C(F)(F)F)c4)cc(N(C)CC4(COC)CCCC4)c3[nH]2)nc1. The number of imidazole rings is 1. The summed E-state index contributed by atoms with van der Waals surface area (Å²) in [6.45, 7) is 6.45. The van der Waals surface area contributed by atoms with Crippen LogP contribution in [0.2, 0.25) is 0 Å². The van der Waals surface area contributed by atoms with Crippen LogP contribution in [-0.4, -0.2) is 88.7 Å². The monoisotopic (exact) mass is 722 g/mol. The van der Waals surface area contributed by atoms with Crippen LogP contribution in [0.5, 0.6) is 0 Å². The summed E-state index contributed by atoms with van der Waals surface area (Å²) in [6.07, 6.45) is 4.01. The molecule has 0 unspecified atom stereocenters. The van der Waals surface area contributed by atoms with E-state index in [-0.39, 0.29) is 58.1 Å². The van der Waals surface area contributed by atoms with Crippen molar-refractivity contribution < 1.29 is 32.2 Å². The number of halogens is 3. The van der Waals surface area contributed by atoms with E-state index in [9.17, 15) is 22.8 Å². The molecule has 2 aliphatic carbocycles. The van der Waals surface area contributed by atoms with Gasteiger partial charge in [-0.2, -0.15) is 18.2 Å². The molecule has 0 spiro atoms. The van der Waals surface area contributed by atoms with Gasteiger partial charge in [-0.1, -0.05) is 25.8 Å². The number of hydrogen-bond acceptors (Lipinski definition) is 10. The van der Waals surface area contributed by atoms with Crippen LogP contribution in [0.4, 0.5) is 24.8 Å². The summed E-state index contributed by atoms with van der Waals surface area (Å²) >= 11 is 0. The van der Waals surface area contributed by atoms with Crippen molar-refractivity contribution in [1.29, 1.82) is 0 Å². The molecular weight excluding hydrogens is 677 g/mol. The maximum Gasteiger partial charge on any atom is 0.418 e. The summed E-state index contributed by atoms with van der Waals surface area (Å²) in [5, 5.41) is 2.76. The summed E-state index contributed by atoms with van der Waals surface area (Å²) < 4.78 is 53.3. The number of anilines is 2. The smallest absolute Gasteiger partial charge is 0.418 e. The van der Waals surface area contributed by atoms with E-state index in [1.165, 1.54) is 6.20 Å². The van der Waals surface area contributed by atoms with Gasteiger partial charge in [0.1, 0.15) is 11.2 Å². The van der Waals surface area contributed by atoms with Crippen LogP contribution < -0.4 is 10.2 Å². The number of carbonyl (C=O) groups excluding carboxylic acids is 2. The number of pyridine rings is 3. The third-order valence-corrected chi connectivity index (χ3v) is 9.82. The number of ether oxygens (including phenoxy) is 2. The molecule has 0 aromatic carbocycles. The van der Waals surface area contributed by atoms with Gasteiger partial charge in [0.2, 0.25) is 5.95 Å². The molecule has 2 fully saturated rings. The summed E-state index contributed by atoms with van der Waals surface area (Å²) in [5.74, 6) is -0.893. The summed E-state index contributed by atoms with van der Waals surface area (Å²) in [4.78, 5) is 50.2. The van der Waals surface area contributed by atoms with Crippen LogP contribution in [0.3, 0.4) is 0 Å². The van der Waals surface area contributed by atoms with Gasteiger partial charge in [0.25, 0.3) is 5.91 Å². The molecular formula is C37H45F3N8O4. The minimum absolute atomic E-state index is 0.0724. The first-order valence-corrected chi connectivity index (χ1v) is 17.7. The number of alkyl halides is 3. The van der Waals surface area contributed by atoms with Crippen molar-refractivity contribution in [3.8, 4) is 11.3 Å². The molecule has 0 aliphatic heterocycles. The Labute approximate surface area is 300 Å². The standard InChI is InChI=1S/C37H45F3N8O4/c1-5-48(20-30(49)52-6-2)19-23-9-12-27(41-17-23)34(50)46-35-44-32-29(47(3)21-36(22-51-4)13-7-8-14-36)16-28(43-33(32)45-35)25-15-26(37(38,39)40)31(42-18-25)24-10-11-24/h9,12,15-18,24H,5-8,10-11,13-14,19-22H2,1-4H3,(H2,43,44,45,46,50). The molecule has 15 heteroatoms. The van der Waals surface area contributed by atoms with Crippen molar-refractivity contribution in [2.75, 3.05) is 57.2 Å². The van der Waals surface area contributed by atoms with Crippen LogP contribution in [0.25, 0.3) is 22.4 Å². The fourth-order valence-corrected chi connectivity index (χ4v) is 7.12. The van der Waals surface area contributed by atoms with E-state index in [4.69, 9.17) is 9.47 Å². The number of fused-ring (bicyclic) bond motifs is 1.